The fourth-order valence-corrected chi connectivity index (χ4v) is 2.10. The minimum absolute atomic E-state index is 0.262. The molecule has 0 aliphatic heterocycles. The van der Waals surface area contributed by atoms with E-state index >= 15 is 0 Å². The second-order valence-corrected chi connectivity index (χ2v) is 4.50. The maximum Gasteiger partial charge on any atom is 0.172 e. The van der Waals surface area contributed by atoms with Crippen LogP contribution in [0.3, 0.4) is 0 Å². The highest BCUT2D eigenvalue weighted by molar-refractivity contribution is 5.73. The number of hydrogen-bond acceptors (Lipinski definition) is 3. The third-order valence-corrected chi connectivity index (χ3v) is 3.15. The number of aromatic nitrogens is 3. The van der Waals surface area contributed by atoms with E-state index in [4.69, 9.17) is 0 Å². The Morgan fingerprint density at radius 3 is 2.83 bits per heavy atom. The molecular weight excluding hydrogens is 233 g/mol. The molecule has 0 amide bonds. The Bertz CT molecular complexity index is 590. The van der Waals surface area contributed by atoms with Crippen LogP contribution in [0.1, 0.15) is 40.5 Å². The molecule has 1 aromatic carbocycles. The number of benzene rings is 1. The van der Waals surface area contributed by atoms with Crippen molar-refractivity contribution >= 4 is 6.29 Å². The van der Waals surface area contributed by atoms with Crippen molar-refractivity contribution in [1.82, 2.24) is 15.0 Å². The van der Waals surface area contributed by atoms with Gasteiger partial charge in [0.1, 0.15) is 11.5 Å². The summed E-state index contributed by atoms with van der Waals surface area (Å²) in [5.41, 5.74) is 1.78. The van der Waals surface area contributed by atoms with Crippen molar-refractivity contribution in [3.05, 3.63) is 47.0 Å². The SMILES string of the molecule is O=Cc1nnn(Cc2ccccc2F)c1C1CC1. The van der Waals surface area contributed by atoms with Crippen LogP contribution in [-0.2, 0) is 6.54 Å². The van der Waals surface area contributed by atoms with E-state index in [1.165, 1.54) is 6.07 Å². The first-order chi connectivity index (χ1) is 8.79. The van der Waals surface area contributed by atoms with Gasteiger partial charge in [-0.25, -0.2) is 9.07 Å². The second kappa shape index (κ2) is 4.33. The molecule has 0 spiro atoms. The summed E-state index contributed by atoms with van der Waals surface area (Å²) in [6.07, 6.45) is 2.81. The van der Waals surface area contributed by atoms with E-state index in [2.05, 4.69) is 10.3 Å². The standard InChI is InChI=1S/C13H12FN3O/c14-11-4-2-1-3-10(11)7-17-13(9-5-6-9)12(8-18)15-16-17/h1-4,8-9H,5-7H2. The quantitative estimate of drug-likeness (QED) is 0.775. The molecule has 0 bridgehead atoms. The summed E-state index contributed by atoms with van der Waals surface area (Å²) in [5.74, 6) is 0.0920. The van der Waals surface area contributed by atoms with Gasteiger partial charge < -0.3 is 0 Å². The zero-order valence-electron chi connectivity index (χ0n) is 9.71. The highest BCUT2D eigenvalue weighted by atomic mass is 19.1. The predicted octanol–water partition coefficient (Wildman–Crippen LogP) is 2.16. The molecule has 1 fully saturated rings. The summed E-state index contributed by atoms with van der Waals surface area (Å²) < 4.78 is 15.2. The molecule has 1 aliphatic carbocycles. The second-order valence-electron chi connectivity index (χ2n) is 4.50. The van der Waals surface area contributed by atoms with Crippen LogP contribution in [0.25, 0.3) is 0 Å². The van der Waals surface area contributed by atoms with Crippen molar-refractivity contribution in [2.45, 2.75) is 25.3 Å². The minimum Gasteiger partial charge on any atom is -0.296 e. The average Bonchev–Trinajstić information content (AvgIpc) is 3.14. The Hall–Kier alpha value is -2.04. The molecule has 1 heterocycles. The fraction of sp³-hybridized carbons (Fsp3) is 0.308. The number of nitrogens with zero attached hydrogens (tertiary/aromatic N) is 3. The zero-order chi connectivity index (χ0) is 12.5. The van der Waals surface area contributed by atoms with E-state index in [1.54, 1.807) is 22.9 Å². The van der Waals surface area contributed by atoms with E-state index in [0.29, 0.717) is 23.7 Å². The van der Waals surface area contributed by atoms with Gasteiger partial charge in [0, 0.05) is 11.5 Å². The van der Waals surface area contributed by atoms with Gasteiger partial charge in [-0.15, -0.1) is 5.10 Å². The van der Waals surface area contributed by atoms with Crippen molar-refractivity contribution < 1.29 is 9.18 Å². The lowest BCUT2D eigenvalue weighted by Crippen LogP contribution is -2.08. The smallest absolute Gasteiger partial charge is 0.172 e. The van der Waals surface area contributed by atoms with Crippen LogP contribution in [0, 0.1) is 5.82 Å². The van der Waals surface area contributed by atoms with Gasteiger partial charge >= 0.3 is 0 Å². The molecule has 92 valence electrons. The number of halogens is 1. The van der Waals surface area contributed by atoms with Gasteiger partial charge in [-0.3, -0.25) is 4.79 Å². The van der Waals surface area contributed by atoms with Gasteiger partial charge in [-0.05, 0) is 18.9 Å². The average molecular weight is 245 g/mol. The highest BCUT2D eigenvalue weighted by Crippen LogP contribution is 2.40. The maximum absolute atomic E-state index is 13.6. The van der Waals surface area contributed by atoms with E-state index in [0.717, 1.165) is 24.8 Å². The number of carbonyl (C=O) groups excluding carboxylic acids is 1. The number of hydrogen-bond donors (Lipinski definition) is 0. The predicted molar refractivity (Wildman–Crippen MR) is 62.9 cm³/mol. The van der Waals surface area contributed by atoms with E-state index in [9.17, 15) is 9.18 Å². The normalized spacial score (nSPS) is 14.7. The largest absolute Gasteiger partial charge is 0.296 e. The zero-order valence-corrected chi connectivity index (χ0v) is 9.71. The van der Waals surface area contributed by atoms with Crippen molar-refractivity contribution in [2.24, 2.45) is 0 Å². The Kier molecular flexibility index (Phi) is 2.66. The van der Waals surface area contributed by atoms with Crippen LogP contribution in [0.2, 0.25) is 0 Å². The van der Waals surface area contributed by atoms with Crippen molar-refractivity contribution in [2.75, 3.05) is 0 Å². The number of aldehydes is 1. The highest BCUT2D eigenvalue weighted by Gasteiger charge is 2.31. The molecule has 0 atom stereocenters. The van der Waals surface area contributed by atoms with Gasteiger partial charge in [-0.1, -0.05) is 23.4 Å². The first kappa shape index (κ1) is 11.1. The summed E-state index contributed by atoms with van der Waals surface area (Å²) in [7, 11) is 0. The third-order valence-electron chi connectivity index (χ3n) is 3.15. The van der Waals surface area contributed by atoms with Crippen LogP contribution in [0.5, 0.6) is 0 Å². The Balaban J connectivity index is 1.95. The number of rotatable bonds is 4. The molecule has 18 heavy (non-hydrogen) atoms. The molecule has 0 N–H and O–H groups in total. The van der Waals surface area contributed by atoms with Crippen LogP contribution in [-0.4, -0.2) is 21.3 Å². The molecule has 2 aromatic rings. The Labute approximate surface area is 103 Å². The third kappa shape index (κ3) is 1.92. The topological polar surface area (TPSA) is 47.8 Å². The molecule has 0 unspecified atom stereocenters. The van der Waals surface area contributed by atoms with Crippen LogP contribution < -0.4 is 0 Å². The fourth-order valence-electron chi connectivity index (χ4n) is 2.10. The summed E-state index contributed by atoms with van der Waals surface area (Å²) in [6, 6.07) is 6.57. The molecule has 5 heteroatoms. The van der Waals surface area contributed by atoms with E-state index in [-0.39, 0.29) is 5.82 Å². The van der Waals surface area contributed by atoms with Crippen molar-refractivity contribution in [3.8, 4) is 0 Å². The lowest BCUT2D eigenvalue weighted by molar-refractivity contribution is 0.111. The first-order valence-corrected chi connectivity index (χ1v) is 5.91. The monoisotopic (exact) mass is 245 g/mol. The summed E-state index contributed by atoms with van der Waals surface area (Å²) in [4.78, 5) is 10.9. The molecule has 1 saturated carbocycles. The minimum atomic E-state index is -0.262. The van der Waals surface area contributed by atoms with Crippen molar-refractivity contribution in [3.63, 3.8) is 0 Å². The maximum atomic E-state index is 13.6. The lowest BCUT2D eigenvalue weighted by atomic mass is 10.2. The van der Waals surface area contributed by atoms with Gasteiger partial charge in [0.2, 0.25) is 0 Å². The van der Waals surface area contributed by atoms with Crippen LogP contribution >= 0.6 is 0 Å². The summed E-state index contributed by atoms with van der Waals surface area (Å²) in [5, 5.41) is 7.80. The molecule has 1 aliphatic rings. The Morgan fingerprint density at radius 2 is 2.17 bits per heavy atom. The van der Waals surface area contributed by atoms with Gasteiger partial charge in [0.25, 0.3) is 0 Å². The van der Waals surface area contributed by atoms with Crippen molar-refractivity contribution in [1.29, 1.82) is 0 Å². The summed E-state index contributed by atoms with van der Waals surface area (Å²) >= 11 is 0. The van der Waals surface area contributed by atoms with Crippen LogP contribution in [0.4, 0.5) is 4.39 Å². The Morgan fingerprint density at radius 1 is 1.39 bits per heavy atom. The molecule has 0 radical (unpaired) electrons. The number of carbonyl (C=O) groups is 1. The molecule has 3 rings (SSSR count). The van der Waals surface area contributed by atoms with E-state index < -0.39 is 0 Å². The lowest BCUT2D eigenvalue weighted by Gasteiger charge is -2.06. The first-order valence-electron chi connectivity index (χ1n) is 5.91. The van der Waals surface area contributed by atoms with Gasteiger partial charge in [0.15, 0.2) is 6.29 Å². The molecular formula is C13H12FN3O. The van der Waals surface area contributed by atoms with E-state index in [1.807, 2.05) is 0 Å². The molecule has 4 nitrogen and oxygen atoms in total. The van der Waals surface area contributed by atoms with Gasteiger partial charge in [-0.2, -0.15) is 0 Å². The van der Waals surface area contributed by atoms with Gasteiger partial charge in [0.05, 0.1) is 12.2 Å². The molecule has 0 saturated heterocycles. The molecule has 1 aromatic heterocycles. The summed E-state index contributed by atoms with van der Waals surface area (Å²) in [6.45, 7) is 0.319. The van der Waals surface area contributed by atoms with Crippen LogP contribution in [0.15, 0.2) is 24.3 Å².